The van der Waals surface area contributed by atoms with Crippen LogP contribution < -0.4 is 5.32 Å². The largest absolute Gasteiger partial charge is 0.391 e. The normalized spacial score (nSPS) is 23.0. The number of likely N-dealkylation sites (N-methyl/N-ethyl adjacent to an activating group) is 1. The quantitative estimate of drug-likeness (QED) is 0.839. The molecule has 112 valence electrons. The monoisotopic (exact) mass is 277 g/mol. The average Bonchev–Trinajstić information content (AvgIpc) is 2.47. The molecule has 2 unspecified atom stereocenters. The summed E-state index contributed by atoms with van der Waals surface area (Å²) in [4.78, 5) is 6.70. The van der Waals surface area contributed by atoms with Crippen LogP contribution >= 0.6 is 0 Å². The van der Waals surface area contributed by atoms with Gasteiger partial charge in [-0.3, -0.25) is 4.90 Å². The lowest BCUT2D eigenvalue weighted by Crippen LogP contribution is -2.42. The molecule has 0 saturated heterocycles. The van der Waals surface area contributed by atoms with Gasteiger partial charge >= 0.3 is 0 Å². The molecule has 2 atom stereocenters. The van der Waals surface area contributed by atoms with Crippen LogP contribution in [0.15, 0.2) is 18.3 Å². The number of nitrogens with zero attached hydrogens (tertiary/aromatic N) is 2. The first-order chi connectivity index (χ1) is 9.70. The molecule has 0 spiro atoms. The average molecular weight is 277 g/mol. The van der Waals surface area contributed by atoms with Crippen LogP contribution in [0.5, 0.6) is 0 Å². The van der Waals surface area contributed by atoms with Crippen molar-refractivity contribution < 1.29 is 5.11 Å². The van der Waals surface area contributed by atoms with Crippen molar-refractivity contribution in [3.63, 3.8) is 0 Å². The highest BCUT2D eigenvalue weighted by molar-refractivity contribution is 5.35. The van der Waals surface area contributed by atoms with Gasteiger partial charge in [0, 0.05) is 25.3 Å². The number of hydrogen-bond acceptors (Lipinski definition) is 4. The predicted molar refractivity (Wildman–Crippen MR) is 82.7 cm³/mol. The van der Waals surface area contributed by atoms with Crippen LogP contribution in [-0.2, 0) is 6.54 Å². The minimum absolute atomic E-state index is 0.174. The number of anilines is 1. The van der Waals surface area contributed by atoms with E-state index in [2.05, 4.69) is 35.2 Å². The fraction of sp³-hybridized carbons (Fsp3) is 0.688. The van der Waals surface area contributed by atoms with Gasteiger partial charge in [-0.1, -0.05) is 25.8 Å². The second-order valence-electron chi connectivity index (χ2n) is 5.81. The standard InChI is InChI=1S/C16H27N3O/c1-3-10-17-16-9-8-13(11-18-16)12-19(2)14-6-4-5-7-15(14)20/h8-9,11,14-15,20H,3-7,10,12H2,1-2H3,(H,17,18). The van der Waals surface area contributed by atoms with Crippen molar-refractivity contribution in [1.29, 1.82) is 0 Å². The molecule has 0 bridgehead atoms. The maximum absolute atomic E-state index is 10.1. The van der Waals surface area contributed by atoms with Crippen LogP contribution in [0.25, 0.3) is 0 Å². The van der Waals surface area contributed by atoms with E-state index < -0.39 is 0 Å². The van der Waals surface area contributed by atoms with Crippen LogP contribution in [0.3, 0.4) is 0 Å². The summed E-state index contributed by atoms with van der Waals surface area (Å²) in [5.74, 6) is 0.941. The molecule has 0 radical (unpaired) electrons. The first kappa shape index (κ1) is 15.3. The summed E-state index contributed by atoms with van der Waals surface area (Å²) in [6.07, 6.45) is 7.28. The molecular weight excluding hydrogens is 250 g/mol. The van der Waals surface area contributed by atoms with Crippen molar-refractivity contribution >= 4 is 5.82 Å². The fourth-order valence-electron chi connectivity index (χ4n) is 2.89. The first-order valence-electron chi connectivity index (χ1n) is 7.78. The SMILES string of the molecule is CCCNc1ccc(CN(C)C2CCCCC2O)cn1. The van der Waals surface area contributed by atoms with Crippen LogP contribution in [0, 0.1) is 0 Å². The summed E-state index contributed by atoms with van der Waals surface area (Å²) in [5.41, 5.74) is 1.20. The van der Waals surface area contributed by atoms with Crippen molar-refractivity contribution in [2.75, 3.05) is 18.9 Å². The van der Waals surface area contributed by atoms with Gasteiger partial charge < -0.3 is 10.4 Å². The third kappa shape index (κ3) is 4.18. The van der Waals surface area contributed by atoms with Crippen LogP contribution in [0.4, 0.5) is 5.82 Å². The molecule has 4 nitrogen and oxygen atoms in total. The van der Waals surface area contributed by atoms with Crippen LogP contribution in [0.1, 0.15) is 44.6 Å². The summed E-state index contributed by atoms with van der Waals surface area (Å²) < 4.78 is 0. The highest BCUT2D eigenvalue weighted by Crippen LogP contribution is 2.23. The minimum atomic E-state index is -0.174. The second-order valence-corrected chi connectivity index (χ2v) is 5.81. The highest BCUT2D eigenvalue weighted by Gasteiger charge is 2.26. The number of aliphatic hydroxyl groups excluding tert-OH is 1. The fourth-order valence-corrected chi connectivity index (χ4v) is 2.89. The van der Waals surface area contributed by atoms with Gasteiger partial charge in [0.2, 0.25) is 0 Å². The maximum atomic E-state index is 10.1. The number of pyridine rings is 1. The van der Waals surface area contributed by atoms with E-state index in [0.717, 1.165) is 44.6 Å². The Bertz CT molecular complexity index is 393. The van der Waals surface area contributed by atoms with Gasteiger partial charge in [-0.15, -0.1) is 0 Å². The van der Waals surface area contributed by atoms with Crippen molar-refractivity contribution in [3.8, 4) is 0 Å². The Hall–Kier alpha value is -1.13. The summed E-state index contributed by atoms with van der Waals surface area (Å²) in [6.45, 7) is 3.95. The van der Waals surface area contributed by atoms with E-state index in [9.17, 15) is 5.11 Å². The number of aliphatic hydroxyl groups is 1. The summed E-state index contributed by atoms with van der Waals surface area (Å²) >= 11 is 0. The van der Waals surface area contributed by atoms with E-state index >= 15 is 0 Å². The summed E-state index contributed by atoms with van der Waals surface area (Å²) in [5, 5.41) is 13.4. The lowest BCUT2D eigenvalue weighted by atomic mass is 9.91. The number of rotatable bonds is 6. The van der Waals surface area contributed by atoms with E-state index in [-0.39, 0.29) is 6.10 Å². The molecule has 1 saturated carbocycles. The Labute approximate surface area is 122 Å². The third-order valence-corrected chi connectivity index (χ3v) is 4.07. The van der Waals surface area contributed by atoms with Crippen LogP contribution in [-0.4, -0.2) is 40.7 Å². The van der Waals surface area contributed by atoms with Gasteiger partial charge in [-0.2, -0.15) is 0 Å². The Morgan fingerprint density at radius 1 is 1.35 bits per heavy atom. The molecular formula is C16H27N3O. The molecule has 1 aromatic heterocycles. The van der Waals surface area contributed by atoms with Crippen molar-refractivity contribution in [1.82, 2.24) is 9.88 Å². The number of aromatic nitrogens is 1. The van der Waals surface area contributed by atoms with Gasteiger partial charge in [0.15, 0.2) is 0 Å². The second kappa shape index (κ2) is 7.60. The van der Waals surface area contributed by atoms with Gasteiger partial charge in [0.05, 0.1) is 6.10 Å². The molecule has 20 heavy (non-hydrogen) atoms. The predicted octanol–water partition coefficient (Wildman–Crippen LogP) is 2.64. The number of nitrogens with one attached hydrogen (secondary N) is 1. The molecule has 1 aliphatic carbocycles. The molecule has 0 amide bonds. The molecule has 2 N–H and O–H groups in total. The Kier molecular flexibility index (Phi) is 5.80. The summed E-state index contributed by atoms with van der Waals surface area (Å²) in [7, 11) is 2.10. The molecule has 1 aromatic rings. The van der Waals surface area contributed by atoms with Gasteiger partial charge in [-0.05, 0) is 37.9 Å². The maximum Gasteiger partial charge on any atom is 0.125 e. The molecule has 2 rings (SSSR count). The van der Waals surface area contributed by atoms with Crippen molar-refractivity contribution in [2.45, 2.75) is 57.7 Å². The van der Waals surface area contributed by atoms with Crippen molar-refractivity contribution in [3.05, 3.63) is 23.9 Å². The molecule has 1 heterocycles. The Morgan fingerprint density at radius 2 is 2.15 bits per heavy atom. The molecule has 4 heteroatoms. The van der Waals surface area contributed by atoms with Crippen molar-refractivity contribution in [2.24, 2.45) is 0 Å². The Morgan fingerprint density at radius 3 is 2.80 bits per heavy atom. The molecule has 1 fully saturated rings. The molecule has 0 aromatic carbocycles. The van der Waals surface area contributed by atoms with Crippen LogP contribution in [0.2, 0.25) is 0 Å². The molecule has 1 aliphatic rings. The van der Waals surface area contributed by atoms with Gasteiger partial charge in [0.1, 0.15) is 5.82 Å². The number of hydrogen-bond donors (Lipinski definition) is 2. The zero-order valence-corrected chi connectivity index (χ0v) is 12.7. The zero-order chi connectivity index (χ0) is 14.4. The summed E-state index contributed by atoms with van der Waals surface area (Å²) in [6, 6.07) is 4.45. The van der Waals surface area contributed by atoms with Gasteiger partial charge in [-0.25, -0.2) is 4.98 Å². The van der Waals surface area contributed by atoms with Gasteiger partial charge in [0.25, 0.3) is 0 Å². The smallest absolute Gasteiger partial charge is 0.125 e. The van der Waals surface area contributed by atoms with E-state index in [1.807, 2.05) is 12.3 Å². The van der Waals surface area contributed by atoms with E-state index in [1.165, 1.54) is 12.0 Å². The third-order valence-electron chi connectivity index (χ3n) is 4.07. The Balaban J connectivity index is 1.88. The lowest BCUT2D eigenvalue weighted by molar-refractivity contribution is 0.0288. The topological polar surface area (TPSA) is 48.4 Å². The van der Waals surface area contributed by atoms with E-state index in [0.29, 0.717) is 6.04 Å². The highest BCUT2D eigenvalue weighted by atomic mass is 16.3. The molecule has 0 aliphatic heterocycles. The lowest BCUT2D eigenvalue weighted by Gasteiger charge is -2.35. The zero-order valence-electron chi connectivity index (χ0n) is 12.7. The minimum Gasteiger partial charge on any atom is -0.391 e. The van der Waals surface area contributed by atoms with E-state index in [1.54, 1.807) is 0 Å². The van der Waals surface area contributed by atoms with E-state index in [4.69, 9.17) is 0 Å². The first-order valence-corrected chi connectivity index (χ1v) is 7.78.